The Labute approximate surface area is 149 Å². The molecule has 1 aromatic rings. The van der Waals surface area contributed by atoms with Gasteiger partial charge in [0.1, 0.15) is 0 Å². The molecule has 1 aromatic heterocycles. The summed E-state index contributed by atoms with van der Waals surface area (Å²) in [6.45, 7) is 5.50. The Balaban J connectivity index is 1.56. The van der Waals surface area contributed by atoms with Gasteiger partial charge < -0.3 is 14.7 Å². The number of likely N-dealkylation sites (tertiary alicyclic amines) is 1. The van der Waals surface area contributed by atoms with Crippen LogP contribution in [0, 0.1) is 0 Å². The molecule has 0 unspecified atom stereocenters. The molecular formula is C18H27N5O2. The summed E-state index contributed by atoms with van der Waals surface area (Å²) in [5, 5.41) is 8.10. The smallest absolute Gasteiger partial charge is 0.224 e. The van der Waals surface area contributed by atoms with Gasteiger partial charge in [-0.25, -0.2) is 0 Å². The number of carbonyl (C=O) groups excluding carboxylic acids is 2. The van der Waals surface area contributed by atoms with Crippen molar-refractivity contribution in [3.63, 3.8) is 0 Å². The van der Waals surface area contributed by atoms with Crippen LogP contribution in [0.4, 0.5) is 5.82 Å². The number of amides is 2. The van der Waals surface area contributed by atoms with E-state index in [0.717, 1.165) is 57.7 Å². The molecule has 0 spiro atoms. The third kappa shape index (κ3) is 4.46. The lowest BCUT2D eigenvalue weighted by Crippen LogP contribution is -2.46. The predicted molar refractivity (Wildman–Crippen MR) is 95.1 cm³/mol. The van der Waals surface area contributed by atoms with Gasteiger partial charge in [0.05, 0.1) is 0 Å². The van der Waals surface area contributed by atoms with Crippen molar-refractivity contribution >= 4 is 17.6 Å². The van der Waals surface area contributed by atoms with E-state index in [1.165, 1.54) is 0 Å². The summed E-state index contributed by atoms with van der Waals surface area (Å²) >= 11 is 0. The Morgan fingerprint density at radius 3 is 2.76 bits per heavy atom. The molecule has 0 saturated carbocycles. The number of carbonyl (C=O) groups is 2. The summed E-state index contributed by atoms with van der Waals surface area (Å²) in [6, 6.07) is 3.91. The van der Waals surface area contributed by atoms with Gasteiger partial charge in [0.25, 0.3) is 0 Å². The van der Waals surface area contributed by atoms with E-state index >= 15 is 0 Å². The Hall–Kier alpha value is -2.18. The second-order valence-electron chi connectivity index (χ2n) is 6.87. The highest BCUT2D eigenvalue weighted by Crippen LogP contribution is 2.21. The minimum atomic E-state index is 0.0677. The maximum Gasteiger partial charge on any atom is 0.224 e. The molecule has 0 aromatic carbocycles. The summed E-state index contributed by atoms with van der Waals surface area (Å²) in [5.74, 6) is 1.12. The number of hydrogen-bond acceptors (Lipinski definition) is 5. The summed E-state index contributed by atoms with van der Waals surface area (Å²) in [6.07, 6.45) is 6.12. The van der Waals surface area contributed by atoms with Crippen LogP contribution in [-0.4, -0.2) is 70.6 Å². The second kappa shape index (κ2) is 8.27. The molecule has 2 amide bonds. The third-order valence-corrected chi connectivity index (χ3v) is 5.17. The van der Waals surface area contributed by atoms with Gasteiger partial charge >= 0.3 is 0 Å². The van der Waals surface area contributed by atoms with Crippen LogP contribution in [0.2, 0.25) is 0 Å². The van der Waals surface area contributed by atoms with E-state index < -0.39 is 0 Å². The van der Waals surface area contributed by atoms with Gasteiger partial charge in [-0.15, -0.1) is 5.10 Å². The van der Waals surface area contributed by atoms with Crippen LogP contribution in [0.15, 0.2) is 18.3 Å². The zero-order chi connectivity index (χ0) is 17.6. The van der Waals surface area contributed by atoms with E-state index in [4.69, 9.17) is 0 Å². The molecule has 0 aliphatic carbocycles. The first-order valence-electron chi connectivity index (χ1n) is 9.23. The zero-order valence-corrected chi connectivity index (χ0v) is 14.9. The minimum absolute atomic E-state index is 0.0677. The average Bonchev–Trinajstić information content (AvgIpc) is 2.89. The first-order valence-corrected chi connectivity index (χ1v) is 9.23. The zero-order valence-electron chi connectivity index (χ0n) is 14.9. The average molecular weight is 345 g/mol. The number of hydrogen-bond donors (Lipinski definition) is 0. The van der Waals surface area contributed by atoms with E-state index in [2.05, 4.69) is 15.1 Å². The lowest BCUT2D eigenvalue weighted by atomic mass is 9.98. The van der Waals surface area contributed by atoms with Gasteiger partial charge in [-0.1, -0.05) is 0 Å². The first-order chi connectivity index (χ1) is 12.1. The molecule has 0 bridgehead atoms. The van der Waals surface area contributed by atoms with Crippen molar-refractivity contribution in [1.82, 2.24) is 20.0 Å². The fourth-order valence-corrected chi connectivity index (χ4v) is 3.82. The largest absolute Gasteiger partial charge is 0.353 e. The lowest BCUT2D eigenvalue weighted by molar-refractivity contribution is -0.137. The molecule has 2 aliphatic rings. The highest BCUT2D eigenvalue weighted by molar-refractivity contribution is 5.79. The topological polar surface area (TPSA) is 69.6 Å². The molecule has 25 heavy (non-hydrogen) atoms. The molecule has 2 fully saturated rings. The molecule has 7 nitrogen and oxygen atoms in total. The van der Waals surface area contributed by atoms with Crippen molar-refractivity contribution in [2.75, 3.05) is 37.6 Å². The van der Waals surface area contributed by atoms with E-state index in [-0.39, 0.29) is 17.9 Å². The van der Waals surface area contributed by atoms with Crippen molar-refractivity contribution in [1.29, 1.82) is 0 Å². The molecule has 1 atom stereocenters. The van der Waals surface area contributed by atoms with Gasteiger partial charge in [-0.2, -0.15) is 5.10 Å². The summed E-state index contributed by atoms with van der Waals surface area (Å²) in [5.41, 5.74) is 0. The van der Waals surface area contributed by atoms with Crippen molar-refractivity contribution in [2.24, 2.45) is 0 Å². The SMILES string of the molecule is CC(=O)N1CCCC[C@@H]1CC(=O)N1CCCN(c2cccnn2)CC1. The van der Waals surface area contributed by atoms with Crippen molar-refractivity contribution in [3.05, 3.63) is 18.3 Å². The van der Waals surface area contributed by atoms with Gasteiger partial charge in [0.15, 0.2) is 5.82 Å². The van der Waals surface area contributed by atoms with Crippen LogP contribution >= 0.6 is 0 Å². The molecule has 0 N–H and O–H groups in total. The van der Waals surface area contributed by atoms with Gasteiger partial charge in [-0.05, 0) is 37.8 Å². The van der Waals surface area contributed by atoms with Gasteiger partial charge in [-0.3, -0.25) is 9.59 Å². The van der Waals surface area contributed by atoms with Crippen molar-refractivity contribution in [3.8, 4) is 0 Å². The second-order valence-corrected chi connectivity index (χ2v) is 6.87. The Morgan fingerprint density at radius 2 is 2.00 bits per heavy atom. The van der Waals surface area contributed by atoms with E-state index in [1.807, 2.05) is 21.9 Å². The Bertz CT molecular complexity index is 594. The fourth-order valence-electron chi connectivity index (χ4n) is 3.82. The first kappa shape index (κ1) is 17.6. The van der Waals surface area contributed by atoms with Crippen molar-refractivity contribution < 1.29 is 9.59 Å². The number of nitrogens with zero attached hydrogens (tertiary/aromatic N) is 5. The third-order valence-electron chi connectivity index (χ3n) is 5.17. The quantitative estimate of drug-likeness (QED) is 0.826. The molecule has 0 radical (unpaired) electrons. The van der Waals surface area contributed by atoms with E-state index in [9.17, 15) is 9.59 Å². The molecule has 3 rings (SSSR count). The summed E-state index contributed by atoms with van der Waals surface area (Å²) in [7, 11) is 0. The monoisotopic (exact) mass is 345 g/mol. The lowest BCUT2D eigenvalue weighted by Gasteiger charge is -2.35. The molecule has 2 aliphatic heterocycles. The van der Waals surface area contributed by atoms with E-state index in [0.29, 0.717) is 13.0 Å². The number of piperidine rings is 1. The molecule has 7 heteroatoms. The van der Waals surface area contributed by atoms with E-state index in [1.54, 1.807) is 13.1 Å². The standard InChI is InChI=1S/C18H27N5O2/c1-15(24)23-11-3-2-6-16(23)14-18(25)22-10-5-9-21(12-13-22)17-7-4-8-19-20-17/h4,7-8,16H,2-3,5-6,9-14H2,1H3/t16-/m1/s1. The van der Waals surface area contributed by atoms with Crippen LogP contribution in [-0.2, 0) is 9.59 Å². The van der Waals surface area contributed by atoms with Crippen LogP contribution in [0.3, 0.4) is 0 Å². The molecule has 2 saturated heterocycles. The summed E-state index contributed by atoms with van der Waals surface area (Å²) < 4.78 is 0. The van der Waals surface area contributed by atoms with Crippen LogP contribution in [0.25, 0.3) is 0 Å². The summed E-state index contributed by atoms with van der Waals surface area (Å²) in [4.78, 5) is 30.6. The predicted octanol–water partition coefficient (Wildman–Crippen LogP) is 1.31. The van der Waals surface area contributed by atoms with Crippen LogP contribution in [0.5, 0.6) is 0 Å². The molecule has 136 valence electrons. The number of anilines is 1. The van der Waals surface area contributed by atoms with Gasteiger partial charge in [0, 0.05) is 58.3 Å². The van der Waals surface area contributed by atoms with Crippen molar-refractivity contribution in [2.45, 2.75) is 45.1 Å². The maximum absolute atomic E-state index is 12.8. The highest BCUT2D eigenvalue weighted by atomic mass is 16.2. The highest BCUT2D eigenvalue weighted by Gasteiger charge is 2.29. The Kier molecular flexibility index (Phi) is 5.83. The number of aromatic nitrogens is 2. The molecule has 3 heterocycles. The van der Waals surface area contributed by atoms with Crippen LogP contribution < -0.4 is 4.90 Å². The normalized spacial score (nSPS) is 21.8. The maximum atomic E-state index is 12.8. The van der Waals surface area contributed by atoms with Crippen LogP contribution in [0.1, 0.15) is 39.0 Å². The van der Waals surface area contributed by atoms with Gasteiger partial charge in [0.2, 0.25) is 11.8 Å². The Morgan fingerprint density at radius 1 is 1.12 bits per heavy atom. The fraction of sp³-hybridized carbons (Fsp3) is 0.667. The minimum Gasteiger partial charge on any atom is -0.353 e. The number of rotatable bonds is 3. The molecular weight excluding hydrogens is 318 g/mol.